The van der Waals surface area contributed by atoms with E-state index in [9.17, 15) is 0 Å². The maximum atomic E-state index is 5.70. The molecule has 1 rings (SSSR count). The Morgan fingerprint density at radius 2 is 2.00 bits per heavy atom. The van der Waals surface area contributed by atoms with Gasteiger partial charge in [-0.25, -0.2) is 0 Å². The van der Waals surface area contributed by atoms with Crippen molar-refractivity contribution in [2.24, 2.45) is 0 Å². The van der Waals surface area contributed by atoms with E-state index < -0.39 is 0 Å². The summed E-state index contributed by atoms with van der Waals surface area (Å²) < 4.78 is 5.70. The van der Waals surface area contributed by atoms with Crippen molar-refractivity contribution in [2.45, 2.75) is 70.7 Å². The van der Waals surface area contributed by atoms with E-state index in [2.05, 4.69) is 32.0 Å². The Balaban J connectivity index is 2.39. The van der Waals surface area contributed by atoms with E-state index in [1.807, 2.05) is 0 Å². The Morgan fingerprint density at radius 1 is 1.40 bits per heavy atom. The Labute approximate surface area is 93.8 Å². The summed E-state index contributed by atoms with van der Waals surface area (Å²) in [5.74, 6) is 2.83. The van der Waals surface area contributed by atoms with Gasteiger partial charge in [0.05, 0.1) is 18.2 Å². The fraction of sp³-hybridized carbons (Fsp3) is 0.846. The van der Waals surface area contributed by atoms with Crippen molar-refractivity contribution in [1.82, 2.24) is 5.32 Å². The van der Waals surface area contributed by atoms with Gasteiger partial charge in [-0.3, -0.25) is 0 Å². The zero-order chi connectivity index (χ0) is 11.3. The third-order valence-electron chi connectivity index (χ3n) is 2.91. The van der Waals surface area contributed by atoms with Gasteiger partial charge in [-0.05, 0) is 33.1 Å². The van der Waals surface area contributed by atoms with Crippen LogP contribution in [0.15, 0.2) is 0 Å². The topological polar surface area (TPSA) is 21.3 Å². The average Bonchev–Trinajstić information content (AvgIpc) is 2.15. The molecule has 3 atom stereocenters. The number of rotatable bonds is 4. The standard InChI is InChI=1S/C13H23NO/c1-5-7-12(6-2)14-13-8-10(3)15-11(4)9-13/h2,10-14H,5,7-9H2,1,3-4H3. The Hall–Kier alpha value is -0.520. The van der Waals surface area contributed by atoms with Gasteiger partial charge in [0, 0.05) is 6.04 Å². The molecule has 0 bridgehead atoms. The summed E-state index contributed by atoms with van der Waals surface area (Å²) in [5.41, 5.74) is 0. The fourth-order valence-electron chi connectivity index (χ4n) is 2.33. The summed E-state index contributed by atoms with van der Waals surface area (Å²) in [5, 5.41) is 3.55. The van der Waals surface area contributed by atoms with Crippen LogP contribution in [-0.4, -0.2) is 24.3 Å². The van der Waals surface area contributed by atoms with E-state index in [-0.39, 0.29) is 6.04 Å². The number of nitrogens with one attached hydrogen (secondary N) is 1. The molecule has 1 aliphatic rings. The molecule has 1 heterocycles. The van der Waals surface area contributed by atoms with Crippen molar-refractivity contribution in [2.75, 3.05) is 0 Å². The van der Waals surface area contributed by atoms with Crippen LogP contribution in [0.4, 0.5) is 0 Å². The Kier molecular flexibility index (Phi) is 5.14. The van der Waals surface area contributed by atoms with Crippen molar-refractivity contribution in [1.29, 1.82) is 0 Å². The second kappa shape index (κ2) is 6.15. The monoisotopic (exact) mass is 209 g/mol. The quantitative estimate of drug-likeness (QED) is 0.718. The minimum absolute atomic E-state index is 0.234. The molecule has 0 aromatic carbocycles. The molecule has 2 nitrogen and oxygen atoms in total. The van der Waals surface area contributed by atoms with E-state index >= 15 is 0 Å². The van der Waals surface area contributed by atoms with E-state index in [4.69, 9.17) is 11.2 Å². The van der Waals surface area contributed by atoms with Crippen molar-refractivity contribution >= 4 is 0 Å². The van der Waals surface area contributed by atoms with Crippen molar-refractivity contribution < 1.29 is 4.74 Å². The summed E-state index contributed by atoms with van der Waals surface area (Å²) in [4.78, 5) is 0. The van der Waals surface area contributed by atoms with Crippen LogP contribution >= 0.6 is 0 Å². The Morgan fingerprint density at radius 3 is 2.47 bits per heavy atom. The first-order valence-corrected chi connectivity index (χ1v) is 6.03. The molecular formula is C13H23NO. The highest BCUT2D eigenvalue weighted by Gasteiger charge is 2.25. The smallest absolute Gasteiger partial charge is 0.0689 e. The lowest BCUT2D eigenvalue weighted by Gasteiger charge is -2.34. The predicted octanol–water partition coefficient (Wildman–Crippen LogP) is 2.33. The second-order valence-electron chi connectivity index (χ2n) is 4.60. The van der Waals surface area contributed by atoms with E-state index in [0.717, 1.165) is 25.7 Å². The van der Waals surface area contributed by atoms with Crippen LogP contribution in [0.3, 0.4) is 0 Å². The van der Waals surface area contributed by atoms with E-state index in [1.165, 1.54) is 0 Å². The summed E-state index contributed by atoms with van der Waals surface area (Å²) >= 11 is 0. The molecular weight excluding hydrogens is 186 g/mol. The van der Waals surface area contributed by atoms with Crippen LogP contribution in [0.25, 0.3) is 0 Å². The van der Waals surface area contributed by atoms with Gasteiger partial charge in [0.15, 0.2) is 0 Å². The van der Waals surface area contributed by atoms with E-state index in [1.54, 1.807) is 0 Å². The maximum Gasteiger partial charge on any atom is 0.0689 e. The first-order valence-electron chi connectivity index (χ1n) is 6.03. The van der Waals surface area contributed by atoms with Crippen molar-refractivity contribution in [3.05, 3.63) is 0 Å². The molecule has 1 N–H and O–H groups in total. The lowest BCUT2D eigenvalue weighted by Crippen LogP contribution is -2.45. The first-order chi connectivity index (χ1) is 7.15. The zero-order valence-corrected chi connectivity index (χ0v) is 10.1. The van der Waals surface area contributed by atoms with Crippen LogP contribution < -0.4 is 5.32 Å². The molecule has 0 aromatic heterocycles. The summed E-state index contributed by atoms with van der Waals surface area (Å²) in [6.45, 7) is 6.44. The molecule has 3 unspecified atom stereocenters. The minimum atomic E-state index is 0.234. The van der Waals surface area contributed by atoms with Gasteiger partial charge in [-0.1, -0.05) is 19.3 Å². The molecule has 1 saturated heterocycles. The van der Waals surface area contributed by atoms with Gasteiger partial charge in [0.1, 0.15) is 0 Å². The number of ether oxygens (including phenoxy) is 1. The predicted molar refractivity (Wildman–Crippen MR) is 63.7 cm³/mol. The second-order valence-corrected chi connectivity index (χ2v) is 4.60. The van der Waals surface area contributed by atoms with Gasteiger partial charge in [0.2, 0.25) is 0 Å². The molecule has 15 heavy (non-hydrogen) atoms. The molecule has 0 saturated carbocycles. The van der Waals surface area contributed by atoms with Gasteiger partial charge in [0.25, 0.3) is 0 Å². The number of terminal acetylenes is 1. The highest BCUT2D eigenvalue weighted by Crippen LogP contribution is 2.19. The molecule has 2 heteroatoms. The molecule has 86 valence electrons. The summed E-state index contributed by atoms with van der Waals surface area (Å²) in [7, 11) is 0. The van der Waals surface area contributed by atoms with Crippen LogP contribution in [0.2, 0.25) is 0 Å². The Bertz CT molecular complexity index is 211. The highest BCUT2D eigenvalue weighted by atomic mass is 16.5. The molecule has 0 radical (unpaired) electrons. The zero-order valence-electron chi connectivity index (χ0n) is 10.1. The van der Waals surface area contributed by atoms with Gasteiger partial charge < -0.3 is 10.1 Å². The van der Waals surface area contributed by atoms with Gasteiger partial charge in [-0.2, -0.15) is 0 Å². The molecule has 1 fully saturated rings. The van der Waals surface area contributed by atoms with Crippen LogP contribution in [0.1, 0.15) is 46.5 Å². The summed E-state index contributed by atoms with van der Waals surface area (Å²) in [6.07, 6.45) is 10.6. The number of hydrogen-bond donors (Lipinski definition) is 1. The number of hydrogen-bond acceptors (Lipinski definition) is 2. The van der Waals surface area contributed by atoms with Gasteiger partial charge in [-0.15, -0.1) is 6.42 Å². The molecule has 0 spiro atoms. The van der Waals surface area contributed by atoms with Crippen molar-refractivity contribution in [3.63, 3.8) is 0 Å². The third-order valence-corrected chi connectivity index (χ3v) is 2.91. The highest BCUT2D eigenvalue weighted by molar-refractivity contribution is 5.00. The third kappa shape index (κ3) is 4.24. The molecule has 0 amide bonds. The lowest BCUT2D eigenvalue weighted by atomic mass is 9.98. The molecule has 1 aliphatic heterocycles. The van der Waals surface area contributed by atoms with Crippen LogP contribution in [-0.2, 0) is 4.74 Å². The molecule has 0 aromatic rings. The first kappa shape index (κ1) is 12.5. The summed E-state index contributed by atoms with van der Waals surface area (Å²) in [6, 6.07) is 0.758. The SMILES string of the molecule is C#CC(CCC)NC1CC(C)OC(C)C1. The largest absolute Gasteiger partial charge is 0.375 e. The average molecular weight is 209 g/mol. The molecule has 0 aliphatic carbocycles. The normalized spacial score (nSPS) is 33.3. The van der Waals surface area contributed by atoms with Crippen LogP contribution in [0.5, 0.6) is 0 Å². The van der Waals surface area contributed by atoms with Crippen molar-refractivity contribution in [3.8, 4) is 12.3 Å². The lowest BCUT2D eigenvalue weighted by molar-refractivity contribution is -0.0428. The van der Waals surface area contributed by atoms with E-state index in [0.29, 0.717) is 18.2 Å². The fourth-order valence-corrected chi connectivity index (χ4v) is 2.33. The maximum absolute atomic E-state index is 5.70. The van der Waals surface area contributed by atoms with Gasteiger partial charge >= 0.3 is 0 Å². The van der Waals surface area contributed by atoms with Crippen LogP contribution in [0, 0.1) is 12.3 Å². The minimum Gasteiger partial charge on any atom is -0.375 e.